The van der Waals surface area contributed by atoms with Gasteiger partial charge in [0.25, 0.3) is 0 Å². The van der Waals surface area contributed by atoms with Crippen LogP contribution in [0.25, 0.3) is 0 Å². The lowest BCUT2D eigenvalue weighted by Crippen LogP contribution is -2.13. The Morgan fingerprint density at radius 1 is 1.18 bits per heavy atom. The van der Waals surface area contributed by atoms with Crippen molar-refractivity contribution in [2.75, 3.05) is 0 Å². The van der Waals surface area contributed by atoms with Crippen LogP contribution in [-0.2, 0) is 6.42 Å². The van der Waals surface area contributed by atoms with Gasteiger partial charge in [-0.2, -0.15) is 0 Å². The van der Waals surface area contributed by atoms with Gasteiger partial charge in [0.2, 0.25) is 0 Å². The summed E-state index contributed by atoms with van der Waals surface area (Å²) in [7, 11) is 0. The Balaban J connectivity index is 2.14. The molecule has 0 saturated carbocycles. The molecule has 1 nitrogen and oxygen atoms in total. The van der Waals surface area contributed by atoms with Crippen LogP contribution in [0.1, 0.15) is 16.5 Å². The first-order chi connectivity index (χ1) is 8.06. The molecule has 1 unspecified atom stereocenters. The lowest BCUT2D eigenvalue weighted by atomic mass is 10.0. The maximum absolute atomic E-state index is 13.0. The zero-order valence-corrected chi connectivity index (χ0v) is 10.4. The first-order valence-electron chi connectivity index (χ1n) is 5.01. The number of hydrogen-bond donors (Lipinski definition) is 1. The van der Waals surface area contributed by atoms with Gasteiger partial charge in [-0.1, -0.05) is 17.7 Å². The maximum Gasteiger partial charge on any atom is 0.159 e. The van der Waals surface area contributed by atoms with E-state index in [2.05, 4.69) is 0 Å². The second kappa shape index (κ2) is 5.12. The van der Waals surface area contributed by atoms with E-state index in [0.717, 1.165) is 17.0 Å². The van der Waals surface area contributed by atoms with E-state index >= 15 is 0 Å². The standard InChI is InChI=1S/C12H10ClF2NS/c13-12-4-2-8(17-12)6-11(16)7-1-3-9(14)10(15)5-7/h1-5,11H,6,16H2. The molecule has 2 aromatic rings. The van der Waals surface area contributed by atoms with Crippen molar-refractivity contribution in [3.05, 3.63) is 56.7 Å². The van der Waals surface area contributed by atoms with Crippen LogP contribution in [0.15, 0.2) is 30.3 Å². The molecule has 0 amide bonds. The Labute approximate surface area is 107 Å². The van der Waals surface area contributed by atoms with Crippen LogP contribution in [0.4, 0.5) is 8.78 Å². The second-order valence-electron chi connectivity index (χ2n) is 3.69. The van der Waals surface area contributed by atoms with Gasteiger partial charge in [0, 0.05) is 17.3 Å². The smallest absolute Gasteiger partial charge is 0.159 e. The number of benzene rings is 1. The predicted molar refractivity (Wildman–Crippen MR) is 66.3 cm³/mol. The van der Waals surface area contributed by atoms with Crippen molar-refractivity contribution in [2.24, 2.45) is 5.73 Å². The molecule has 0 aliphatic rings. The summed E-state index contributed by atoms with van der Waals surface area (Å²) in [4.78, 5) is 1.02. The van der Waals surface area contributed by atoms with E-state index < -0.39 is 11.6 Å². The normalized spacial score (nSPS) is 12.7. The molecule has 0 saturated heterocycles. The van der Waals surface area contributed by atoms with Gasteiger partial charge in [0.1, 0.15) is 0 Å². The zero-order valence-electron chi connectivity index (χ0n) is 8.79. The minimum absolute atomic E-state index is 0.361. The van der Waals surface area contributed by atoms with Gasteiger partial charge in [-0.3, -0.25) is 0 Å². The van der Waals surface area contributed by atoms with Crippen molar-refractivity contribution in [1.82, 2.24) is 0 Å². The molecule has 0 spiro atoms. The molecule has 1 aromatic heterocycles. The number of halogens is 3. The summed E-state index contributed by atoms with van der Waals surface area (Å²) in [5, 5.41) is 0. The SMILES string of the molecule is NC(Cc1ccc(Cl)s1)c1ccc(F)c(F)c1. The third kappa shape index (κ3) is 3.03. The van der Waals surface area contributed by atoms with Crippen LogP contribution in [0, 0.1) is 11.6 Å². The Morgan fingerprint density at radius 2 is 1.94 bits per heavy atom. The van der Waals surface area contributed by atoms with Crippen molar-refractivity contribution in [1.29, 1.82) is 0 Å². The number of rotatable bonds is 3. The first kappa shape index (κ1) is 12.5. The molecule has 90 valence electrons. The number of hydrogen-bond acceptors (Lipinski definition) is 2. The van der Waals surface area contributed by atoms with Crippen molar-refractivity contribution in [3.8, 4) is 0 Å². The molecule has 5 heteroatoms. The maximum atomic E-state index is 13.0. The van der Waals surface area contributed by atoms with E-state index in [1.807, 2.05) is 6.07 Å². The molecular formula is C12H10ClF2NS. The van der Waals surface area contributed by atoms with Crippen LogP contribution in [0.2, 0.25) is 4.34 Å². The summed E-state index contributed by atoms with van der Waals surface area (Å²) < 4.78 is 26.5. The Morgan fingerprint density at radius 3 is 2.53 bits per heavy atom. The summed E-state index contributed by atoms with van der Waals surface area (Å²) in [6.07, 6.45) is 0.558. The molecule has 0 aliphatic heterocycles. The summed E-state index contributed by atoms with van der Waals surface area (Å²) in [5.74, 6) is -1.73. The highest BCUT2D eigenvalue weighted by atomic mass is 35.5. The summed E-state index contributed by atoms with van der Waals surface area (Å²) >= 11 is 7.24. The van der Waals surface area contributed by atoms with E-state index in [0.29, 0.717) is 16.3 Å². The van der Waals surface area contributed by atoms with Crippen molar-refractivity contribution in [3.63, 3.8) is 0 Å². The van der Waals surface area contributed by atoms with E-state index in [1.165, 1.54) is 17.4 Å². The summed E-state index contributed by atoms with van der Waals surface area (Å²) in [5.41, 5.74) is 6.51. The highest BCUT2D eigenvalue weighted by Crippen LogP contribution is 2.26. The third-order valence-electron chi connectivity index (χ3n) is 2.42. The molecular weight excluding hydrogens is 264 g/mol. The van der Waals surface area contributed by atoms with Crippen LogP contribution < -0.4 is 5.73 Å². The molecule has 2 N–H and O–H groups in total. The molecule has 1 atom stereocenters. The Hall–Kier alpha value is -0.970. The highest BCUT2D eigenvalue weighted by Gasteiger charge is 2.11. The van der Waals surface area contributed by atoms with Gasteiger partial charge >= 0.3 is 0 Å². The summed E-state index contributed by atoms with van der Waals surface area (Å²) in [6.45, 7) is 0. The topological polar surface area (TPSA) is 26.0 Å². The van der Waals surface area contributed by atoms with Crippen LogP contribution in [0.3, 0.4) is 0 Å². The number of thiophene rings is 1. The molecule has 0 fully saturated rings. The zero-order chi connectivity index (χ0) is 12.4. The van der Waals surface area contributed by atoms with Gasteiger partial charge in [-0.05, 0) is 29.8 Å². The van der Waals surface area contributed by atoms with E-state index in [9.17, 15) is 8.78 Å². The van der Waals surface area contributed by atoms with E-state index in [1.54, 1.807) is 6.07 Å². The van der Waals surface area contributed by atoms with Gasteiger partial charge in [-0.15, -0.1) is 11.3 Å². The minimum atomic E-state index is -0.873. The van der Waals surface area contributed by atoms with Crippen LogP contribution >= 0.6 is 22.9 Å². The van der Waals surface area contributed by atoms with Crippen LogP contribution in [0.5, 0.6) is 0 Å². The lowest BCUT2D eigenvalue weighted by molar-refractivity contribution is 0.505. The molecule has 1 aromatic carbocycles. The van der Waals surface area contributed by atoms with Gasteiger partial charge in [0.05, 0.1) is 4.34 Å². The number of nitrogens with two attached hydrogens (primary N) is 1. The summed E-state index contributed by atoms with van der Waals surface area (Å²) in [6, 6.07) is 7.03. The molecule has 0 bridgehead atoms. The lowest BCUT2D eigenvalue weighted by Gasteiger charge is -2.10. The fourth-order valence-corrected chi connectivity index (χ4v) is 2.68. The second-order valence-corrected chi connectivity index (χ2v) is 5.49. The van der Waals surface area contributed by atoms with E-state index in [4.69, 9.17) is 17.3 Å². The van der Waals surface area contributed by atoms with Crippen LogP contribution in [-0.4, -0.2) is 0 Å². The van der Waals surface area contributed by atoms with Crippen molar-refractivity contribution in [2.45, 2.75) is 12.5 Å². The Kier molecular flexibility index (Phi) is 3.76. The molecule has 2 rings (SSSR count). The monoisotopic (exact) mass is 273 g/mol. The highest BCUT2D eigenvalue weighted by molar-refractivity contribution is 7.16. The molecule has 1 heterocycles. The largest absolute Gasteiger partial charge is 0.324 e. The van der Waals surface area contributed by atoms with Gasteiger partial charge < -0.3 is 5.73 Å². The average Bonchev–Trinajstić information content (AvgIpc) is 2.68. The third-order valence-corrected chi connectivity index (χ3v) is 3.68. The fourth-order valence-electron chi connectivity index (χ4n) is 1.54. The minimum Gasteiger partial charge on any atom is -0.324 e. The Bertz CT molecular complexity index is 527. The molecule has 0 radical (unpaired) electrons. The van der Waals surface area contributed by atoms with E-state index in [-0.39, 0.29) is 6.04 Å². The fraction of sp³-hybridized carbons (Fsp3) is 0.167. The van der Waals surface area contributed by atoms with Gasteiger partial charge in [0.15, 0.2) is 11.6 Å². The van der Waals surface area contributed by atoms with Crippen molar-refractivity contribution >= 4 is 22.9 Å². The average molecular weight is 274 g/mol. The van der Waals surface area contributed by atoms with Crippen molar-refractivity contribution < 1.29 is 8.78 Å². The first-order valence-corrected chi connectivity index (χ1v) is 6.20. The quantitative estimate of drug-likeness (QED) is 0.901. The molecule has 0 aliphatic carbocycles. The predicted octanol–water partition coefficient (Wildman–Crippen LogP) is 3.92. The molecule has 17 heavy (non-hydrogen) atoms. The van der Waals surface area contributed by atoms with Gasteiger partial charge in [-0.25, -0.2) is 8.78 Å².